The number of fused-ring (bicyclic) bond motifs is 1. The Morgan fingerprint density at radius 3 is 2.59 bits per heavy atom. The van der Waals surface area contributed by atoms with Crippen LogP contribution in [-0.2, 0) is 12.8 Å². The van der Waals surface area contributed by atoms with E-state index in [-0.39, 0.29) is 17.1 Å². The molecule has 32 heavy (non-hydrogen) atoms. The maximum atomic E-state index is 14.7. The molecule has 0 saturated heterocycles. The molecule has 0 aliphatic rings. The Hall–Kier alpha value is -4.13. The summed E-state index contributed by atoms with van der Waals surface area (Å²) in [5.41, 5.74) is 4.04. The molecule has 5 aromatic rings. The Kier molecular flexibility index (Phi) is 4.86. The van der Waals surface area contributed by atoms with Gasteiger partial charge in [0.05, 0.1) is 24.1 Å². The van der Waals surface area contributed by atoms with Gasteiger partial charge in [0.1, 0.15) is 11.5 Å². The monoisotopic (exact) mass is 429 g/mol. The quantitative estimate of drug-likeness (QED) is 0.409. The van der Waals surface area contributed by atoms with Gasteiger partial charge >= 0.3 is 0 Å². The fourth-order valence-corrected chi connectivity index (χ4v) is 3.82. The van der Waals surface area contributed by atoms with E-state index in [1.807, 2.05) is 37.3 Å². The Morgan fingerprint density at radius 1 is 0.969 bits per heavy atom. The van der Waals surface area contributed by atoms with Crippen molar-refractivity contribution in [1.82, 2.24) is 14.4 Å². The zero-order chi connectivity index (χ0) is 22.2. The van der Waals surface area contributed by atoms with Crippen LogP contribution in [0.15, 0.2) is 71.5 Å². The highest BCUT2D eigenvalue weighted by Crippen LogP contribution is 2.31. The Bertz CT molecular complexity index is 1420. The Labute approximate surface area is 183 Å². The molecule has 7 heteroatoms. The number of hydrogen-bond acceptors (Lipinski definition) is 5. The smallest absolute Gasteiger partial charge is 0.219 e. The van der Waals surface area contributed by atoms with Gasteiger partial charge < -0.3 is 14.6 Å². The normalized spacial score (nSPS) is 11.3. The minimum absolute atomic E-state index is 0.0638. The van der Waals surface area contributed by atoms with Crippen LogP contribution in [0.25, 0.3) is 16.9 Å². The lowest BCUT2D eigenvalue weighted by molar-refractivity contribution is 0.433. The first kappa shape index (κ1) is 19.8. The van der Waals surface area contributed by atoms with E-state index in [2.05, 4.69) is 9.97 Å². The molecule has 0 aliphatic carbocycles. The predicted octanol–water partition coefficient (Wildman–Crippen LogP) is 5.03. The molecule has 5 rings (SSSR count). The Morgan fingerprint density at radius 2 is 1.81 bits per heavy atom. The van der Waals surface area contributed by atoms with Gasteiger partial charge in [-0.2, -0.15) is 0 Å². The van der Waals surface area contributed by atoms with Crippen LogP contribution >= 0.6 is 0 Å². The number of nitrogens with zero attached hydrogens (tertiary/aromatic N) is 3. The average Bonchev–Trinajstić information content (AvgIpc) is 3.39. The van der Waals surface area contributed by atoms with Crippen molar-refractivity contribution in [2.45, 2.75) is 19.8 Å². The summed E-state index contributed by atoms with van der Waals surface area (Å²) < 4.78 is 21.6. The number of aryl methyl sites for hydroxylation is 1. The molecule has 0 bridgehead atoms. The first-order valence-electron chi connectivity index (χ1n) is 10.1. The van der Waals surface area contributed by atoms with Gasteiger partial charge in [-0.05, 0) is 36.8 Å². The predicted molar refractivity (Wildman–Crippen MR) is 117 cm³/mol. The highest BCUT2D eigenvalue weighted by molar-refractivity contribution is 5.65. The molecule has 160 valence electrons. The molecular formula is C25H20FN3O3. The van der Waals surface area contributed by atoms with Gasteiger partial charge in [0.25, 0.3) is 0 Å². The molecule has 0 fully saturated rings. The SMILES string of the molecule is Cc1cccc(Cc2nc(-c3cccc(O)c3F)cn3c(O)c(Cc4ccco4)nc23)c1. The van der Waals surface area contributed by atoms with Crippen LogP contribution in [0.4, 0.5) is 4.39 Å². The minimum Gasteiger partial charge on any atom is -0.505 e. The summed E-state index contributed by atoms with van der Waals surface area (Å²) in [5.74, 6) is -0.628. The first-order chi connectivity index (χ1) is 15.5. The van der Waals surface area contributed by atoms with E-state index >= 15 is 0 Å². The molecule has 0 radical (unpaired) electrons. The third-order valence-electron chi connectivity index (χ3n) is 5.35. The second-order valence-electron chi connectivity index (χ2n) is 7.71. The van der Waals surface area contributed by atoms with E-state index in [1.165, 1.54) is 22.7 Å². The van der Waals surface area contributed by atoms with Crippen molar-refractivity contribution < 1.29 is 19.0 Å². The number of phenols is 1. The standard InChI is InChI=1S/C25H20FN3O3/c1-15-5-2-6-16(11-15)12-19-24-28-20(13-17-7-4-10-32-17)25(31)29(24)14-21(27-19)18-8-3-9-22(30)23(18)26/h2-11,14,30-31H,12-13H2,1H3. The van der Waals surface area contributed by atoms with Crippen molar-refractivity contribution in [3.63, 3.8) is 0 Å². The molecule has 0 aliphatic heterocycles. The van der Waals surface area contributed by atoms with Gasteiger partial charge in [0.15, 0.2) is 17.2 Å². The molecule has 2 aromatic carbocycles. The van der Waals surface area contributed by atoms with Crippen molar-refractivity contribution in [3.05, 3.63) is 101 Å². The fraction of sp³-hybridized carbons (Fsp3) is 0.120. The number of halogens is 1. The van der Waals surface area contributed by atoms with Crippen LogP contribution in [0.3, 0.4) is 0 Å². The Balaban J connectivity index is 1.70. The largest absolute Gasteiger partial charge is 0.505 e. The van der Waals surface area contributed by atoms with Crippen LogP contribution in [0, 0.1) is 12.7 Å². The van der Waals surface area contributed by atoms with Crippen LogP contribution in [0.1, 0.15) is 28.3 Å². The van der Waals surface area contributed by atoms with Crippen LogP contribution in [-0.4, -0.2) is 24.6 Å². The van der Waals surface area contributed by atoms with Gasteiger partial charge in [-0.1, -0.05) is 35.9 Å². The average molecular weight is 429 g/mol. The maximum Gasteiger partial charge on any atom is 0.219 e. The van der Waals surface area contributed by atoms with Crippen LogP contribution in [0.5, 0.6) is 11.6 Å². The second-order valence-corrected chi connectivity index (χ2v) is 7.71. The minimum atomic E-state index is -0.767. The van der Waals surface area contributed by atoms with Gasteiger partial charge in [-0.25, -0.2) is 14.4 Å². The number of phenolic OH excluding ortho intramolecular Hbond substituents is 1. The summed E-state index contributed by atoms with van der Waals surface area (Å²) in [6.45, 7) is 2.01. The third kappa shape index (κ3) is 3.58. The second kappa shape index (κ2) is 7.85. The lowest BCUT2D eigenvalue weighted by Crippen LogP contribution is -2.02. The van der Waals surface area contributed by atoms with E-state index in [0.29, 0.717) is 35.6 Å². The van der Waals surface area contributed by atoms with E-state index in [9.17, 15) is 14.6 Å². The number of rotatable bonds is 5. The van der Waals surface area contributed by atoms with Crippen molar-refractivity contribution in [1.29, 1.82) is 0 Å². The summed E-state index contributed by atoms with van der Waals surface area (Å²) in [6.07, 6.45) is 3.84. The molecule has 0 atom stereocenters. The number of furan rings is 1. The first-order valence-corrected chi connectivity index (χ1v) is 10.1. The molecule has 2 N–H and O–H groups in total. The lowest BCUT2D eigenvalue weighted by atomic mass is 10.1. The molecule has 0 spiro atoms. The number of imidazole rings is 1. The van der Waals surface area contributed by atoms with Gasteiger partial charge in [0, 0.05) is 18.2 Å². The number of benzene rings is 2. The molecular weight excluding hydrogens is 409 g/mol. The van der Waals surface area contributed by atoms with E-state index in [4.69, 9.17) is 4.42 Å². The van der Waals surface area contributed by atoms with Gasteiger partial charge in [-0.15, -0.1) is 0 Å². The van der Waals surface area contributed by atoms with Crippen LogP contribution < -0.4 is 0 Å². The topological polar surface area (TPSA) is 83.8 Å². The van der Waals surface area contributed by atoms with Gasteiger partial charge in [-0.3, -0.25) is 4.40 Å². The van der Waals surface area contributed by atoms with Crippen molar-refractivity contribution in [3.8, 4) is 22.9 Å². The number of hydrogen-bond donors (Lipinski definition) is 2. The lowest BCUT2D eigenvalue weighted by Gasteiger charge is -2.10. The summed E-state index contributed by atoms with van der Waals surface area (Å²) >= 11 is 0. The van der Waals surface area contributed by atoms with Crippen molar-refractivity contribution in [2.24, 2.45) is 0 Å². The zero-order valence-electron chi connectivity index (χ0n) is 17.3. The van der Waals surface area contributed by atoms with E-state index < -0.39 is 11.6 Å². The summed E-state index contributed by atoms with van der Waals surface area (Å²) in [6, 6.07) is 16.0. The summed E-state index contributed by atoms with van der Waals surface area (Å²) in [5, 5.41) is 20.7. The van der Waals surface area contributed by atoms with E-state index in [1.54, 1.807) is 18.4 Å². The molecule has 0 amide bonds. The van der Waals surface area contributed by atoms with Crippen molar-refractivity contribution in [2.75, 3.05) is 0 Å². The number of aromatic hydroxyl groups is 2. The van der Waals surface area contributed by atoms with Crippen molar-refractivity contribution >= 4 is 5.65 Å². The number of aromatic nitrogens is 3. The maximum absolute atomic E-state index is 14.7. The van der Waals surface area contributed by atoms with E-state index in [0.717, 1.165) is 11.1 Å². The highest BCUT2D eigenvalue weighted by atomic mass is 19.1. The summed E-state index contributed by atoms with van der Waals surface area (Å²) in [4.78, 5) is 9.31. The zero-order valence-corrected chi connectivity index (χ0v) is 17.3. The molecule has 6 nitrogen and oxygen atoms in total. The summed E-state index contributed by atoms with van der Waals surface area (Å²) in [7, 11) is 0. The molecule has 3 heterocycles. The molecule has 0 saturated carbocycles. The van der Waals surface area contributed by atoms with Gasteiger partial charge in [0.2, 0.25) is 5.88 Å². The molecule has 0 unspecified atom stereocenters. The highest BCUT2D eigenvalue weighted by Gasteiger charge is 2.20. The molecule has 3 aromatic heterocycles. The fourth-order valence-electron chi connectivity index (χ4n) is 3.82. The third-order valence-corrected chi connectivity index (χ3v) is 5.35. The van der Waals surface area contributed by atoms with Crippen LogP contribution in [0.2, 0.25) is 0 Å².